The van der Waals surface area contributed by atoms with Crippen LogP contribution in [0.25, 0.3) is 0 Å². The van der Waals surface area contributed by atoms with Crippen LogP contribution in [0.4, 0.5) is 0 Å². The third kappa shape index (κ3) is 3.70. The van der Waals surface area contributed by atoms with Gasteiger partial charge in [-0.1, -0.05) is 0 Å². The van der Waals surface area contributed by atoms with Gasteiger partial charge in [-0.05, 0) is 6.58 Å². The number of rotatable bonds is 1. The van der Waals surface area contributed by atoms with Crippen molar-refractivity contribution in [2.24, 2.45) is 0 Å². The summed E-state index contributed by atoms with van der Waals surface area (Å²) in [6.07, 6.45) is 1.88. The second kappa shape index (κ2) is 1.43. The van der Waals surface area contributed by atoms with Crippen molar-refractivity contribution in [2.45, 2.75) is 0 Å². The van der Waals surface area contributed by atoms with Gasteiger partial charge in [-0.25, -0.2) is 0 Å². The number of hydrogen-bond donors (Lipinski definition) is 0. The highest BCUT2D eigenvalue weighted by atomic mass is 15.3. The molecule has 0 heterocycles. The molecule has 0 aliphatic carbocycles. The molecule has 0 atom stereocenters. The summed E-state index contributed by atoms with van der Waals surface area (Å²) in [5.74, 6) is 0. The minimum atomic E-state index is 0.833. The summed E-state index contributed by atoms with van der Waals surface area (Å²) in [7, 11) is 6.19. The lowest BCUT2D eigenvalue weighted by Crippen LogP contribution is -2.25. The third-order valence-corrected chi connectivity index (χ3v) is 0.548. The summed E-state index contributed by atoms with van der Waals surface area (Å²) in [6, 6.07) is 0. The molecule has 0 bridgehead atoms. The van der Waals surface area contributed by atoms with Crippen LogP contribution in [0, 0.1) is 0 Å². The van der Waals surface area contributed by atoms with E-state index in [0.717, 1.165) is 4.48 Å². The second-order valence-electron chi connectivity index (χ2n) is 2.30. The van der Waals surface area contributed by atoms with E-state index in [4.69, 9.17) is 0 Å². The minimum absolute atomic E-state index is 0.833. The summed E-state index contributed by atoms with van der Waals surface area (Å²) in [6.45, 7) is 3.60. The van der Waals surface area contributed by atoms with Gasteiger partial charge in [0.25, 0.3) is 0 Å². The molecular formula is C5H12N+. The molecule has 0 aliphatic rings. The lowest BCUT2D eigenvalue weighted by atomic mass is 10.7. The fraction of sp³-hybridized carbons (Fsp3) is 0.600. The Balaban J connectivity index is 3.45. The van der Waals surface area contributed by atoms with E-state index < -0.39 is 0 Å². The summed E-state index contributed by atoms with van der Waals surface area (Å²) in [5, 5.41) is 0. The van der Waals surface area contributed by atoms with E-state index in [1.165, 1.54) is 0 Å². The van der Waals surface area contributed by atoms with E-state index in [2.05, 4.69) is 27.7 Å². The van der Waals surface area contributed by atoms with Crippen molar-refractivity contribution in [2.75, 3.05) is 21.1 Å². The molecule has 0 saturated heterocycles. The molecule has 36 valence electrons. The zero-order valence-corrected chi connectivity index (χ0v) is 4.73. The van der Waals surface area contributed by atoms with Crippen molar-refractivity contribution in [1.82, 2.24) is 0 Å². The molecule has 6 heavy (non-hydrogen) atoms. The highest BCUT2D eigenvalue weighted by molar-refractivity contribution is 4.46. The van der Waals surface area contributed by atoms with Crippen molar-refractivity contribution >= 4 is 0 Å². The molecule has 0 aliphatic heterocycles. The molecule has 0 fully saturated rings. The van der Waals surface area contributed by atoms with Crippen molar-refractivity contribution < 1.29 is 4.48 Å². The molecule has 0 unspecified atom stereocenters. The molecule has 0 radical (unpaired) electrons. The average molecular weight is 86.2 g/mol. The van der Waals surface area contributed by atoms with Crippen molar-refractivity contribution in [1.29, 1.82) is 0 Å². The number of hydrogen-bond acceptors (Lipinski definition) is 0. The van der Waals surface area contributed by atoms with Gasteiger partial charge in [-0.15, -0.1) is 0 Å². The standard InChI is InChI=1S/C5H12N/c1-5-6(2,3)4/h5H,1H2,2-4H3/q+1. The van der Waals surface area contributed by atoms with Crippen LogP contribution in [0.3, 0.4) is 0 Å². The topological polar surface area (TPSA) is 0 Å². The molecule has 0 saturated carbocycles. The van der Waals surface area contributed by atoms with E-state index in [1.54, 1.807) is 0 Å². The summed E-state index contributed by atoms with van der Waals surface area (Å²) in [5.41, 5.74) is 0. The first-order valence-corrected chi connectivity index (χ1v) is 2.01. The Kier molecular flexibility index (Phi) is 1.36. The summed E-state index contributed by atoms with van der Waals surface area (Å²) >= 11 is 0. The van der Waals surface area contributed by atoms with Crippen molar-refractivity contribution in [3.05, 3.63) is 12.8 Å². The Labute approximate surface area is 39.5 Å². The van der Waals surface area contributed by atoms with Crippen LogP contribution < -0.4 is 0 Å². The fourth-order valence-electron chi connectivity index (χ4n) is 0. The van der Waals surface area contributed by atoms with Gasteiger partial charge in [-0.2, -0.15) is 0 Å². The summed E-state index contributed by atoms with van der Waals surface area (Å²) in [4.78, 5) is 0. The first kappa shape index (κ1) is 5.70. The Hall–Kier alpha value is -0.300. The molecule has 0 spiro atoms. The first-order valence-electron chi connectivity index (χ1n) is 2.01. The highest BCUT2D eigenvalue weighted by Gasteiger charge is 1.94. The van der Waals surface area contributed by atoms with Crippen LogP contribution in [0.1, 0.15) is 0 Å². The molecule has 0 N–H and O–H groups in total. The van der Waals surface area contributed by atoms with Crippen molar-refractivity contribution in [3.8, 4) is 0 Å². The normalized spacial score (nSPS) is 11.2. The molecule has 0 rings (SSSR count). The van der Waals surface area contributed by atoms with Gasteiger partial charge in [-0.3, -0.25) is 0 Å². The van der Waals surface area contributed by atoms with E-state index in [1.807, 2.05) is 6.20 Å². The van der Waals surface area contributed by atoms with Crippen LogP contribution in [0.2, 0.25) is 0 Å². The van der Waals surface area contributed by atoms with Crippen LogP contribution in [0.15, 0.2) is 12.8 Å². The maximum Gasteiger partial charge on any atom is 0.0879 e. The smallest absolute Gasteiger partial charge is 0.0879 e. The Morgan fingerprint density at radius 1 is 1.33 bits per heavy atom. The van der Waals surface area contributed by atoms with Crippen LogP contribution >= 0.6 is 0 Å². The lowest BCUT2D eigenvalue weighted by Gasteiger charge is -2.15. The monoisotopic (exact) mass is 86.1 g/mol. The SMILES string of the molecule is C=C[N+](C)(C)C. The third-order valence-electron chi connectivity index (χ3n) is 0.548. The molecule has 0 aromatic heterocycles. The zero-order valence-electron chi connectivity index (χ0n) is 4.73. The Morgan fingerprint density at radius 3 is 1.50 bits per heavy atom. The van der Waals surface area contributed by atoms with Gasteiger partial charge < -0.3 is 4.48 Å². The van der Waals surface area contributed by atoms with Crippen LogP contribution in [0.5, 0.6) is 0 Å². The van der Waals surface area contributed by atoms with Gasteiger partial charge in [0.05, 0.1) is 27.3 Å². The predicted molar refractivity (Wildman–Crippen MR) is 28.2 cm³/mol. The molecular weight excluding hydrogens is 74.1 g/mol. The van der Waals surface area contributed by atoms with Gasteiger partial charge >= 0.3 is 0 Å². The Bertz CT molecular complexity index is 49.4. The van der Waals surface area contributed by atoms with Gasteiger partial charge in [0.15, 0.2) is 0 Å². The first-order chi connectivity index (χ1) is 2.56. The maximum absolute atomic E-state index is 3.60. The Morgan fingerprint density at radius 2 is 1.50 bits per heavy atom. The summed E-state index contributed by atoms with van der Waals surface area (Å²) < 4.78 is 0.833. The zero-order chi connectivity index (χ0) is 5.21. The second-order valence-corrected chi connectivity index (χ2v) is 2.30. The average Bonchev–Trinajstić information content (AvgIpc) is 1.35. The van der Waals surface area contributed by atoms with Crippen LogP contribution in [-0.2, 0) is 0 Å². The molecule has 1 heteroatoms. The van der Waals surface area contributed by atoms with Crippen LogP contribution in [-0.4, -0.2) is 25.6 Å². The van der Waals surface area contributed by atoms with E-state index in [9.17, 15) is 0 Å². The van der Waals surface area contributed by atoms with Gasteiger partial charge in [0.1, 0.15) is 0 Å². The fourth-order valence-corrected chi connectivity index (χ4v) is 0. The number of nitrogens with zero attached hydrogens (tertiary/aromatic N) is 1. The molecule has 0 aromatic rings. The number of quaternary nitrogens is 1. The van der Waals surface area contributed by atoms with E-state index >= 15 is 0 Å². The molecule has 0 aromatic carbocycles. The van der Waals surface area contributed by atoms with Crippen molar-refractivity contribution in [3.63, 3.8) is 0 Å². The van der Waals surface area contributed by atoms with E-state index in [0.29, 0.717) is 0 Å². The van der Waals surface area contributed by atoms with E-state index in [-0.39, 0.29) is 0 Å². The van der Waals surface area contributed by atoms with Gasteiger partial charge in [0.2, 0.25) is 0 Å². The largest absolute Gasteiger partial charge is 0.305 e. The maximum atomic E-state index is 3.60. The highest BCUT2D eigenvalue weighted by Crippen LogP contribution is 1.85. The molecule has 1 nitrogen and oxygen atoms in total. The van der Waals surface area contributed by atoms with Gasteiger partial charge in [0, 0.05) is 0 Å². The minimum Gasteiger partial charge on any atom is -0.305 e. The molecule has 0 amide bonds. The quantitative estimate of drug-likeness (QED) is 0.415. The lowest BCUT2D eigenvalue weighted by molar-refractivity contribution is -0.816. The predicted octanol–water partition coefficient (Wildman–Crippen LogP) is 0.836.